The number of hydrogen-bond acceptors (Lipinski definition) is 6. The quantitative estimate of drug-likeness (QED) is 0.309. The minimum Gasteiger partial charge on any atom is -0.497 e. The fourth-order valence-corrected chi connectivity index (χ4v) is 3.40. The molecule has 0 saturated carbocycles. The molecular formula is C25H25BrN2O5. The van der Waals surface area contributed by atoms with Crippen LogP contribution in [0.1, 0.15) is 16.7 Å². The molecule has 0 aromatic heterocycles. The molecule has 3 aromatic rings. The highest BCUT2D eigenvalue weighted by Crippen LogP contribution is 2.36. The molecule has 8 heteroatoms. The Kier molecular flexibility index (Phi) is 8.71. The lowest BCUT2D eigenvalue weighted by Crippen LogP contribution is -2.24. The lowest BCUT2D eigenvalue weighted by Gasteiger charge is -2.13. The molecule has 0 atom stereocenters. The lowest BCUT2D eigenvalue weighted by molar-refractivity contribution is -0.123. The van der Waals surface area contributed by atoms with Crippen LogP contribution in [0.3, 0.4) is 0 Å². The molecule has 0 aliphatic heterocycles. The Morgan fingerprint density at radius 1 is 0.970 bits per heavy atom. The Bertz CT molecular complexity index is 1100. The molecular weight excluding hydrogens is 488 g/mol. The normalized spacial score (nSPS) is 10.7. The maximum absolute atomic E-state index is 12.0. The monoisotopic (exact) mass is 512 g/mol. The van der Waals surface area contributed by atoms with Crippen molar-refractivity contribution in [2.24, 2.45) is 5.10 Å². The van der Waals surface area contributed by atoms with Gasteiger partial charge in [-0.25, -0.2) is 5.43 Å². The predicted molar refractivity (Wildman–Crippen MR) is 130 cm³/mol. The second-order valence-electron chi connectivity index (χ2n) is 7.07. The third kappa shape index (κ3) is 7.25. The zero-order valence-electron chi connectivity index (χ0n) is 18.6. The topological polar surface area (TPSA) is 78.4 Å². The van der Waals surface area contributed by atoms with E-state index in [2.05, 4.69) is 26.5 Å². The average molecular weight is 513 g/mol. The summed E-state index contributed by atoms with van der Waals surface area (Å²) < 4.78 is 22.7. The summed E-state index contributed by atoms with van der Waals surface area (Å²) in [6, 6.07) is 18.7. The highest BCUT2D eigenvalue weighted by molar-refractivity contribution is 9.10. The van der Waals surface area contributed by atoms with Gasteiger partial charge in [-0.15, -0.1) is 0 Å². The Balaban J connectivity index is 1.55. The Labute approximate surface area is 201 Å². The van der Waals surface area contributed by atoms with Crippen LogP contribution in [0.4, 0.5) is 0 Å². The fraction of sp³-hybridized carbons (Fsp3) is 0.200. The van der Waals surface area contributed by atoms with Crippen molar-refractivity contribution in [2.45, 2.75) is 13.5 Å². The highest BCUT2D eigenvalue weighted by Gasteiger charge is 2.12. The van der Waals surface area contributed by atoms with E-state index >= 15 is 0 Å². The van der Waals surface area contributed by atoms with E-state index in [1.165, 1.54) is 11.8 Å². The van der Waals surface area contributed by atoms with Crippen molar-refractivity contribution in [2.75, 3.05) is 20.8 Å². The summed E-state index contributed by atoms with van der Waals surface area (Å²) in [6.45, 7) is 2.29. The fourth-order valence-electron chi connectivity index (χ4n) is 2.83. The van der Waals surface area contributed by atoms with Gasteiger partial charge in [0.25, 0.3) is 5.91 Å². The van der Waals surface area contributed by atoms with E-state index < -0.39 is 0 Å². The van der Waals surface area contributed by atoms with E-state index in [4.69, 9.17) is 18.9 Å². The number of nitrogens with zero attached hydrogens (tertiary/aromatic N) is 1. The van der Waals surface area contributed by atoms with Crippen molar-refractivity contribution in [3.63, 3.8) is 0 Å². The van der Waals surface area contributed by atoms with Gasteiger partial charge < -0.3 is 18.9 Å². The maximum atomic E-state index is 12.0. The first-order valence-corrected chi connectivity index (χ1v) is 10.9. The van der Waals surface area contributed by atoms with Crippen molar-refractivity contribution in [1.29, 1.82) is 0 Å². The number of ether oxygens (including phenoxy) is 4. The zero-order chi connectivity index (χ0) is 23.6. The summed E-state index contributed by atoms with van der Waals surface area (Å²) in [5.74, 6) is 2.03. The van der Waals surface area contributed by atoms with Gasteiger partial charge >= 0.3 is 0 Å². The molecule has 0 fully saturated rings. The van der Waals surface area contributed by atoms with E-state index in [0.29, 0.717) is 34.1 Å². The molecule has 0 unspecified atom stereocenters. The molecule has 0 aliphatic carbocycles. The van der Waals surface area contributed by atoms with Crippen LogP contribution < -0.4 is 24.4 Å². The first-order chi connectivity index (χ1) is 16.0. The molecule has 172 valence electrons. The van der Waals surface area contributed by atoms with Gasteiger partial charge in [0.1, 0.15) is 18.1 Å². The largest absolute Gasteiger partial charge is 0.497 e. The molecule has 0 saturated heterocycles. The summed E-state index contributed by atoms with van der Waals surface area (Å²) >= 11 is 3.52. The van der Waals surface area contributed by atoms with Gasteiger partial charge in [0.05, 0.1) is 24.9 Å². The van der Waals surface area contributed by atoms with E-state index in [-0.39, 0.29) is 12.5 Å². The minimum absolute atomic E-state index is 0.164. The van der Waals surface area contributed by atoms with Crippen LogP contribution >= 0.6 is 15.9 Å². The molecule has 7 nitrogen and oxygen atoms in total. The molecule has 1 amide bonds. The summed E-state index contributed by atoms with van der Waals surface area (Å²) in [5.41, 5.74) is 5.41. The summed E-state index contributed by atoms with van der Waals surface area (Å²) in [5, 5.41) is 3.99. The lowest BCUT2D eigenvalue weighted by atomic mass is 10.2. The Morgan fingerprint density at radius 3 is 2.33 bits per heavy atom. The molecule has 0 heterocycles. The number of carbonyl (C=O) groups excluding carboxylic acids is 1. The number of methoxy groups -OCH3 is 2. The number of rotatable bonds is 10. The van der Waals surface area contributed by atoms with Gasteiger partial charge in [-0.2, -0.15) is 5.10 Å². The van der Waals surface area contributed by atoms with Crippen LogP contribution in [0.25, 0.3) is 0 Å². The summed E-state index contributed by atoms with van der Waals surface area (Å²) in [4.78, 5) is 12.0. The number of carbonyl (C=O) groups is 1. The van der Waals surface area contributed by atoms with Crippen molar-refractivity contribution in [3.8, 4) is 23.0 Å². The number of halogens is 1. The van der Waals surface area contributed by atoms with E-state index in [1.807, 2.05) is 37.3 Å². The second kappa shape index (κ2) is 11.9. The number of hydrogen-bond donors (Lipinski definition) is 1. The van der Waals surface area contributed by atoms with Gasteiger partial charge in [-0.05, 0) is 70.4 Å². The molecule has 0 radical (unpaired) electrons. The maximum Gasteiger partial charge on any atom is 0.277 e. The van der Waals surface area contributed by atoms with E-state index in [0.717, 1.165) is 11.1 Å². The third-order valence-corrected chi connectivity index (χ3v) is 5.18. The van der Waals surface area contributed by atoms with Gasteiger partial charge in [-0.1, -0.05) is 29.8 Å². The van der Waals surface area contributed by atoms with Gasteiger partial charge in [0, 0.05) is 0 Å². The molecule has 0 spiro atoms. The van der Waals surface area contributed by atoms with Gasteiger partial charge in [0.15, 0.2) is 18.1 Å². The number of benzene rings is 3. The van der Waals surface area contributed by atoms with Crippen LogP contribution in [0, 0.1) is 6.92 Å². The molecule has 33 heavy (non-hydrogen) atoms. The standard InChI is InChI=1S/C25H25BrN2O5/c1-17-4-6-18(7-5-17)15-33-25-22(26)12-19(13-23(25)31-3)14-27-28-24(29)16-32-21-10-8-20(30-2)9-11-21/h4-14H,15-16H2,1-3H3,(H,28,29)/b27-14-. The summed E-state index contributed by atoms with van der Waals surface area (Å²) in [7, 11) is 3.15. The van der Waals surface area contributed by atoms with Crippen LogP contribution in [-0.4, -0.2) is 32.9 Å². The number of hydrazone groups is 1. The SMILES string of the molecule is COc1ccc(OCC(=O)N/N=C\c2cc(Br)c(OCc3ccc(C)cc3)c(OC)c2)cc1. The second-order valence-corrected chi connectivity index (χ2v) is 7.92. The minimum atomic E-state index is -0.383. The molecule has 0 aliphatic rings. The molecule has 3 rings (SSSR count). The van der Waals surface area contributed by atoms with E-state index in [9.17, 15) is 4.79 Å². The molecule has 3 aromatic carbocycles. The molecule has 1 N–H and O–H groups in total. The smallest absolute Gasteiger partial charge is 0.277 e. The number of aryl methyl sites for hydroxylation is 1. The average Bonchev–Trinajstić information content (AvgIpc) is 2.83. The zero-order valence-corrected chi connectivity index (χ0v) is 20.2. The third-order valence-electron chi connectivity index (χ3n) is 4.59. The van der Waals surface area contributed by atoms with Crippen LogP contribution in [0.15, 0.2) is 70.2 Å². The van der Waals surface area contributed by atoms with Gasteiger partial charge in [0.2, 0.25) is 0 Å². The van der Waals surface area contributed by atoms with E-state index in [1.54, 1.807) is 44.6 Å². The van der Waals surface area contributed by atoms with Crippen LogP contribution in [0.2, 0.25) is 0 Å². The van der Waals surface area contributed by atoms with Crippen molar-refractivity contribution >= 4 is 28.1 Å². The number of amides is 1. The molecule has 0 bridgehead atoms. The van der Waals surface area contributed by atoms with Crippen molar-refractivity contribution in [1.82, 2.24) is 5.43 Å². The Morgan fingerprint density at radius 2 is 1.67 bits per heavy atom. The first kappa shape index (κ1) is 24.1. The predicted octanol–water partition coefficient (Wildman–Crippen LogP) is 4.88. The van der Waals surface area contributed by atoms with Crippen LogP contribution in [-0.2, 0) is 11.4 Å². The number of nitrogens with one attached hydrogen (secondary N) is 1. The van der Waals surface area contributed by atoms with Crippen molar-refractivity contribution < 1.29 is 23.7 Å². The highest BCUT2D eigenvalue weighted by atomic mass is 79.9. The Hall–Kier alpha value is -3.52. The van der Waals surface area contributed by atoms with Crippen LogP contribution in [0.5, 0.6) is 23.0 Å². The van der Waals surface area contributed by atoms with Gasteiger partial charge in [-0.3, -0.25) is 4.79 Å². The first-order valence-electron chi connectivity index (χ1n) is 10.1. The summed E-state index contributed by atoms with van der Waals surface area (Å²) in [6.07, 6.45) is 1.52. The van der Waals surface area contributed by atoms with Crippen molar-refractivity contribution in [3.05, 3.63) is 81.8 Å².